The summed E-state index contributed by atoms with van der Waals surface area (Å²) in [6, 6.07) is 15.6. The molecule has 1 aliphatic heterocycles. The van der Waals surface area contributed by atoms with Crippen LogP contribution in [0.4, 0.5) is 10.1 Å². The van der Waals surface area contributed by atoms with Gasteiger partial charge in [0.1, 0.15) is 23.8 Å². The van der Waals surface area contributed by atoms with Crippen LogP contribution in [0.5, 0.6) is 5.75 Å². The first-order valence-electron chi connectivity index (χ1n) is 11.2. The minimum atomic E-state index is -0.815. The van der Waals surface area contributed by atoms with Crippen molar-refractivity contribution < 1.29 is 19.0 Å². The van der Waals surface area contributed by atoms with E-state index in [0.717, 1.165) is 26.2 Å². The molecule has 172 valence electrons. The molecule has 1 aliphatic carbocycles. The Hall–Kier alpha value is -2.68. The van der Waals surface area contributed by atoms with Gasteiger partial charge in [-0.25, -0.2) is 4.39 Å². The largest absolute Gasteiger partial charge is 0.487 e. The van der Waals surface area contributed by atoms with E-state index in [0.29, 0.717) is 12.2 Å². The summed E-state index contributed by atoms with van der Waals surface area (Å²) >= 11 is 0. The van der Waals surface area contributed by atoms with Crippen LogP contribution in [0.3, 0.4) is 0 Å². The number of benzene rings is 2. The molecule has 4 rings (SSSR count). The van der Waals surface area contributed by atoms with Crippen LogP contribution < -0.4 is 20.7 Å². The Morgan fingerprint density at radius 3 is 2.56 bits per heavy atom. The third kappa shape index (κ3) is 5.20. The zero-order chi connectivity index (χ0) is 22.5. The lowest BCUT2D eigenvalue weighted by molar-refractivity contribution is -0.122. The van der Waals surface area contributed by atoms with Crippen molar-refractivity contribution in [2.24, 2.45) is 5.73 Å². The summed E-state index contributed by atoms with van der Waals surface area (Å²) in [4.78, 5) is 16.8. The highest BCUT2D eigenvalue weighted by Gasteiger charge is 2.47. The third-order valence-electron chi connectivity index (χ3n) is 6.29. The van der Waals surface area contributed by atoms with E-state index in [1.807, 2.05) is 18.2 Å². The number of halogens is 1. The Balaban J connectivity index is 1.46. The summed E-state index contributed by atoms with van der Waals surface area (Å²) < 4.78 is 19.5. The summed E-state index contributed by atoms with van der Waals surface area (Å²) in [5, 5.41) is 14.2. The van der Waals surface area contributed by atoms with Gasteiger partial charge >= 0.3 is 0 Å². The van der Waals surface area contributed by atoms with Crippen molar-refractivity contribution >= 4 is 11.6 Å². The number of nitrogens with two attached hydrogens (primary N) is 1. The van der Waals surface area contributed by atoms with E-state index in [2.05, 4.69) is 27.2 Å². The Kier molecular flexibility index (Phi) is 7.24. The second kappa shape index (κ2) is 10.3. The first-order valence-corrected chi connectivity index (χ1v) is 11.2. The summed E-state index contributed by atoms with van der Waals surface area (Å²) in [6.07, 6.45) is -0.685. The maximum Gasteiger partial charge on any atom is 0.221 e. The van der Waals surface area contributed by atoms with Gasteiger partial charge in [0.05, 0.1) is 12.1 Å². The molecule has 0 spiro atoms. The van der Waals surface area contributed by atoms with Gasteiger partial charge in [0.15, 0.2) is 0 Å². The van der Waals surface area contributed by atoms with Gasteiger partial charge in [0, 0.05) is 57.3 Å². The molecule has 2 fully saturated rings. The molecular formula is C24H31FN4O3. The number of ether oxygens (including phenoxy) is 1. The zero-order valence-corrected chi connectivity index (χ0v) is 18.1. The van der Waals surface area contributed by atoms with E-state index >= 15 is 0 Å². The molecule has 2 aromatic rings. The molecular weight excluding hydrogens is 411 g/mol. The molecule has 1 saturated carbocycles. The molecule has 8 heteroatoms. The number of nitrogens with zero attached hydrogens (tertiary/aromatic N) is 2. The topological polar surface area (TPSA) is 91.1 Å². The second-order valence-electron chi connectivity index (χ2n) is 8.40. The van der Waals surface area contributed by atoms with Crippen LogP contribution in [0, 0.1) is 5.82 Å². The summed E-state index contributed by atoms with van der Waals surface area (Å²) in [7, 11) is 0. The molecule has 4 atom stereocenters. The number of aliphatic hydroxyl groups is 1. The molecule has 1 heterocycles. The second-order valence-corrected chi connectivity index (χ2v) is 8.40. The fraction of sp³-hybridized carbons (Fsp3) is 0.458. The maximum absolute atomic E-state index is 13.6. The number of carbonyl (C=O) groups excluding carboxylic acids is 1. The fourth-order valence-corrected chi connectivity index (χ4v) is 4.76. The van der Waals surface area contributed by atoms with Gasteiger partial charge in [-0.3, -0.25) is 9.69 Å². The Morgan fingerprint density at radius 1 is 1.12 bits per heavy atom. The van der Waals surface area contributed by atoms with E-state index < -0.39 is 18.0 Å². The normalized spacial score (nSPS) is 26.2. The molecule has 0 aromatic heterocycles. The minimum Gasteiger partial charge on any atom is -0.487 e. The molecule has 0 radical (unpaired) electrons. The summed E-state index contributed by atoms with van der Waals surface area (Å²) in [5.74, 6) is -0.156. The van der Waals surface area contributed by atoms with Gasteiger partial charge in [-0.15, -0.1) is 0 Å². The number of nitrogens with one attached hydrogen (secondary N) is 1. The van der Waals surface area contributed by atoms with Crippen molar-refractivity contribution in [3.63, 3.8) is 0 Å². The number of hydrogen-bond donors (Lipinski definition) is 3. The van der Waals surface area contributed by atoms with E-state index in [4.69, 9.17) is 10.5 Å². The zero-order valence-electron chi connectivity index (χ0n) is 18.1. The number of anilines is 1. The van der Waals surface area contributed by atoms with Crippen molar-refractivity contribution in [1.29, 1.82) is 0 Å². The number of aliphatic hydroxyl groups excluding tert-OH is 1. The highest BCUT2D eigenvalue weighted by atomic mass is 19.1. The predicted octanol–water partition coefficient (Wildman–Crippen LogP) is 1.36. The third-order valence-corrected chi connectivity index (χ3v) is 6.29. The average molecular weight is 443 g/mol. The van der Waals surface area contributed by atoms with Gasteiger partial charge in [-0.05, 0) is 24.3 Å². The van der Waals surface area contributed by atoms with E-state index in [1.165, 1.54) is 17.8 Å². The van der Waals surface area contributed by atoms with Crippen LogP contribution >= 0.6 is 0 Å². The van der Waals surface area contributed by atoms with Crippen LogP contribution in [0.1, 0.15) is 12.8 Å². The summed E-state index contributed by atoms with van der Waals surface area (Å²) in [6.45, 7) is 3.43. The van der Waals surface area contributed by atoms with Crippen molar-refractivity contribution in [3.05, 3.63) is 60.4 Å². The quantitative estimate of drug-likeness (QED) is 0.600. The molecule has 7 nitrogen and oxygen atoms in total. The van der Waals surface area contributed by atoms with Crippen LogP contribution in [-0.2, 0) is 4.79 Å². The lowest BCUT2D eigenvalue weighted by Crippen LogP contribution is -2.59. The van der Waals surface area contributed by atoms with Crippen molar-refractivity contribution in [1.82, 2.24) is 10.2 Å². The standard InChI is InChI=1S/C24H31FN4O3/c25-17-5-4-8-19(15-17)32-21-16-20(27-22(30)9-10-26)23(24(21)31)29-13-11-28(12-14-29)18-6-2-1-3-7-18/h1-8,15,20-21,23-24,31H,9-14,16,26H2,(H,27,30)/t20-,21-,23+,24+/m1/s1. The Labute approximate surface area is 188 Å². The van der Waals surface area contributed by atoms with Crippen molar-refractivity contribution in [2.45, 2.75) is 37.1 Å². The number of rotatable bonds is 7. The lowest BCUT2D eigenvalue weighted by Gasteiger charge is -2.42. The van der Waals surface area contributed by atoms with Gasteiger partial charge in [0.25, 0.3) is 0 Å². The smallest absolute Gasteiger partial charge is 0.221 e. The molecule has 32 heavy (non-hydrogen) atoms. The molecule has 1 amide bonds. The van der Waals surface area contributed by atoms with Crippen molar-refractivity contribution in [2.75, 3.05) is 37.6 Å². The number of amides is 1. The maximum atomic E-state index is 13.6. The van der Waals surface area contributed by atoms with Gasteiger partial charge in [0.2, 0.25) is 5.91 Å². The van der Waals surface area contributed by atoms with E-state index in [1.54, 1.807) is 12.1 Å². The molecule has 4 N–H and O–H groups in total. The molecule has 2 aliphatic rings. The number of hydrogen-bond acceptors (Lipinski definition) is 6. The van der Waals surface area contributed by atoms with Gasteiger partial charge < -0.3 is 25.8 Å². The number of para-hydroxylation sites is 1. The molecule has 0 bridgehead atoms. The Morgan fingerprint density at radius 2 is 1.88 bits per heavy atom. The summed E-state index contributed by atoms with van der Waals surface area (Å²) in [5.41, 5.74) is 6.72. The monoisotopic (exact) mass is 442 g/mol. The van der Waals surface area contributed by atoms with Crippen LogP contribution in [0.2, 0.25) is 0 Å². The number of piperazine rings is 1. The van der Waals surface area contributed by atoms with Crippen LogP contribution in [0.15, 0.2) is 54.6 Å². The van der Waals surface area contributed by atoms with E-state index in [9.17, 15) is 14.3 Å². The van der Waals surface area contributed by atoms with Gasteiger partial charge in [-0.1, -0.05) is 24.3 Å². The molecule has 1 saturated heterocycles. The Bertz CT molecular complexity index is 892. The lowest BCUT2D eigenvalue weighted by atomic mass is 10.1. The first kappa shape index (κ1) is 22.5. The highest BCUT2D eigenvalue weighted by molar-refractivity contribution is 5.76. The predicted molar refractivity (Wildman–Crippen MR) is 121 cm³/mol. The van der Waals surface area contributed by atoms with Crippen LogP contribution in [-0.4, -0.2) is 72.9 Å². The average Bonchev–Trinajstić information content (AvgIpc) is 3.09. The number of carbonyl (C=O) groups is 1. The minimum absolute atomic E-state index is 0.135. The van der Waals surface area contributed by atoms with Gasteiger partial charge in [-0.2, -0.15) is 0 Å². The first-order chi connectivity index (χ1) is 15.5. The molecule has 0 unspecified atom stereocenters. The van der Waals surface area contributed by atoms with E-state index in [-0.39, 0.29) is 31.0 Å². The fourth-order valence-electron chi connectivity index (χ4n) is 4.76. The SMILES string of the molecule is NCCC(=O)N[C@@H]1C[C@@H](Oc2cccc(F)c2)[C@H](O)[C@H]1N1CCN(c2ccccc2)CC1. The molecule has 2 aromatic carbocycles. The van der Waals surface area contributed by atoms with Crippen molar-refractivity contribution in [3.8, 4) is 5.75 Å². The highest BCUT2D eigenvalue weighted by Crippen LogP contribution is 2.31. The van der Waals surface area contributed by atoms with Crippen LogP contribution in [0.25, 0.3) is 0 Å².